The van der Waals surface area contributed by atoms with Gasteiger partial charge in [0.25, 0.3) is 5.91 Å². The topological polar surface area (TPSA) is 71.8 Å². The smallest absolute Gasteiger partial charge is 0.349 e. The fourth-order valence-corrected chi connectivity index (χ4v) is 1.64. The average molecular weight is 262 g/mol. The van der Waals surface area contributed by atoms with Crippen molar-refractivity contribution in [3.63, 3.8) is 0 Å². The van der Waals surface area contributed by atoms with Crippen molar-refractivity contribution in [3.8, 4) is 5.75 Å². The summed E-state index contributed by atoms with van der Waals surface area (Å²) in [6.07, 6.45) is 0. The average Bonchev–Trinajstić information content (AvgIpc) is 2.36. The molecule has 1 aromatic carbocycles. The summed E-state index contributed by atoms with van der Waals surface area (Å²) in [7, 11) is 4.84. The number of carbonyl (C=O) groups is 1. The highest BCUT2D eigenvalue weighted by molar-refractivity contribution is 5.96. The van der Waals surface area contributed by atoms with Crippen LogP contribution in [0.1, 0.15) is 10.4 Å². The van der Waals surface area contributed by atoms with Crippen LogP contribution in [0.25, 0.3) is 11.0 Å². The number of ether oxygens (including phenoxy) is 1. The van der Waals surface area contributed by atoms with Gasteiger partial charge in [0.15, 0.2) is 0 Å². The standard InChI is InChI=1S/C13H14N2O4/c1-15(2)14-12(16)10-6-8-4-5-9(18-3)7-11(8)19-13(10)17/h4-7H,1-3H3,(H,14,16). The monoisotopic (exact) mass is 262 g/mol. The van der Waals surface area contributed by atoms with E-state index >= 15 is 0 Å². The molecule has 0 unspecified atom stereocenters. The molecule has 0 saturated heterocycles. The lowest BCUT2D eigenvalue weighted by Gasteiger charge is -2.11. The SMILES string of the molecule is COc1ccc2cc(C(=O)NN(C)C)c(=O)oc2c1. The van der Waals surface area contributed by atoms with E-state index in [-0.39, 0.29) is 5.56 Å². The van der Waals surface area contributed by atoms with E-state index < -0.39 is 11.5 Å². The van der Waals surface area contributed by atoms with E-state index in [0.29, 0.717) is 16.7 Å². The van der Waals surface area contributed by atoms with Gasteiger partial charge >= 0.3 is 5.63 Å². The number of hydrogen-bond acceptors (Lipinski definition) is 5. The molecular weight excluding hydrogens is 248 g/mol. The molecule has 0 atom stereocenters. The predicted octanol–water partition coefficient (Wildman–Crippen LogP) is 1.01. The Morgan fingerprint density at radius 2 is 2.05 bits per heavy atom. The van der Waals surface area contributed by atoms with Crippen molar-refractivity contribution < 1.29 is 13.9 Å². The van der Waals surface area contributed by atoms with Crippen LogP contribution in [0, 0.1) is 0 Å². The summed E-state index contributed by atoms with van der Waals surface area (Å²) in [6.45, 7) is 0. The third kappa shape index (κ3) is 2.74. The van der Waals surface area contributed by atoms with Gasteiger partial charge in [-0.2, -0.15) is 0 Å². The zero-order valence-corrected chi connectivity index (χ0v) is 10.9. The van der Waals surface area contributed by atoms with Gasteiger partial charge in [-0.25, -0.2) is 9.80 Å². The van der Waals surface area contributed by atoms with Gasteiger partial charge in [-0.15, -0.1) is 0 Å². The van der Waals surface area contributed by atoms with Crippen molar-refractivity contribution in [2.75, 3.05) is 21.2 Å². The van der Waals surface area contributed by atoms with Gasteiger partial charge in [0.05, 0.1) is 7.11 Å². The fourth-order valence-electron chi connectivity index (χ4n) is 1.64. The molecule has 1 aromatic heterocycles. The first kappa shape index (κ1) is 13.1. The number of rotatable bonds is 3. The normalized spacial score (nSPS) is 10.7. The number of nitrogens with zero attached hydrogens (tertiary/aromatic N) is 1. The van der Waals surface area contributed by atoms with Crippen LogP contribution in [0.3, 0.4) is 0 Å². The van der Waals surface area contributed by atoms with Crippen molar-refractivity contribution in [2.45, 2.75) is 0 Å². The molecule has 0 aliphatic carbocycles. The van der Waals surface area contributed by atoms with Crippen LogP contribution in [0.2, 0.25) is 0 Å². The van der Waals surface area contributed by atoms with E-state index in [1.807, 2.05) is 0 Å². The number of fused-ring (bicyclic) bond motifs is 1. The predicted molar refractivity (Wildman–Crippen MR) is 70.2 cm³/mol. The molecule has 0 fully saturated rings. The second-order valence-electron chi connectivity index (χ2n) is 4.19. The highest BCUT2D eigenvalue weighted by Crippen LogP contribution is 2.20. The molecule has 0 bridgehead atoms. The minimum Gasteiger partial charge on any atom is -0.497 e. The molecule has 0 spiro atoms. The number of benzene rings is 1. The third-order valence-corrected chi connectivity index (χ3v) is 2.51. The van der Waals surface area contributed by atoms with Crippen LogP contribution in [-0.2, 0) is 0 Å². The summed E-state index contributed by atoms with van der Waals surface area (Å²) in [5.74, 6) is 0.0811. The Morgan fingerprint density at radius 1 is 1.32 bits per heavy atom. The molecular formula is C13H14N2O4. The van der Waals surface area contributed by atoms with Crippen LogP contribution in [0.15, 0.2) is 33.5 Å². The Bertz CT molecular complexity index is 676. The van der Waals surface area contributed by atoms with Crippen LogP contribution in [0.4, 0.5) is 0 Å². The van der Waals surface area contributed by atoms with Crippen LogP contribution >= 0.6 is 0 Å². The maximum atomic E-state index is 11.8. The van der Waals surface area contributed by atoms with Gasteiger partial charge in [0, 0.05) is 25.5 Å². The van der Waals surface area contributed by atoms with Gasteiger partial charge in [0.2, 0.25) is 0 Å². The highest BCUT2D eigenvalue weighted by atomic mass is 16.5. The molecule has 6 heteroatoms. The lowest BCUT2D eigenvalue weighted by molar-refractivity contribution is 0.0853. The van der Waals surface area contributed by atoms with E-state index in [2.05, 4.69) is 5.43 Å². The Balaban J connectivity index is 2.50. The Labute approximate surface area is 109 Å². The first-order valence-corrected chi connectivity index (χ1v) is 5.61. The van der Waals surface area contributed by atoms with Crippen molar-refractivity contribution in [2.24, 2.45) is 0 Å². The van der Waals surface area contributed by atoms with Gasteiger partial charge < -0.3 is 9.15 Å². The van der Waals surface area contributed by atoms with Crippen molar-refractivity contribution in [1.29, 1.82) is 0 Å². The van der Waals surface area contributed by atoms with Gasteiger partial charge in [-0.3, -0.25) is 10.2 Å². The molecule has 1 heterocycles. The summed E-state index contributed by atoms with van der Waals surface area (Å²) in [5, 5.41) is 2.12. The number of nitrogens with one attached hydrogen (secondary N) is 1. The summed E-state index contributed by atoms with van der Waals surface area (Å²) >= 11 is 0. The summed E-state index contributed by atoms with van der Waals surface area (Å²) in [5.41, 5.74) is 2.16. The van der Waals surface area contributed by atoms with E-state index in [4.69, 9.17) is 9.15 Å². The number of hydrogen-bond donors (Lipinski definition) is 1. The fraction of sp³-hybridized carbons (Fsp3) is 0.231. The summed E-state index contributed by atoms with van der Waals surface area (Å²) < 4.78 is 10.2. The van der Waals surface area contributed by atoms with Crippen molar-refractivity contribution in [1.82, 2.24) is 10.4 Å². The molecule has 2 aromatic rings. The number of methoxy groups -OCH3 is 1. The number of carbonyl (C=O) groups excluding carboxylic acids is 1. The Morgan fingerprint density at radius 3 is 2.68 bits per heavy atom. The van der Waals surface area contributed by atoms with Gasteiger partial charge in [-0.05, 0) is 18.2 Å². The Kier molecular flexibility index (Phi) is 3.52. The number of hydrazine groups is 1. The van der Waals surface area contributed by atoms with Gasteiger partial charge in [-0.1, -0.05) is 0 Å². The second kappa shape index (κ2) is 5.11. The maximum Gasteiger partial charge on any atom is 0.349 e. The largest absolute Gasteiger partial charge is 0.497 e. The molecule has 1 N–H and O–H groups in total. The maximum absolute atomic E-state index is 11.8. The minimum atomic E-state index is -0.680. The van der Waals surface area contributed by atoms with Gasteiger partial charge in [0.1, 0.15) is 16.9 Å². The molecule has 2 rings (SSSR count). The summed E-state index contributed by atoms with van der Waals surface area (Å²) in [4.78, 5) is 23.6. The third-order valence-electron chi connectivity index (χ3n) is 2.51. The van der Waals surface area contributed by atoms with E-state index in [0.717, 1.165) is 0 Å². The lowest BCUT2D eigenvalue weighted by Crippen LogP contribution is -2.38. The lowest BCUT2D eigenvalue weighted by atomic mass is 10.1. The zero-order chi connectivity index (χ0) is 14.0. The quantitative estimate of drug-likeness (QED) is 0.660. The van der Waals surface area contributed by atoms with Crippen molar-refractivity contribution >= 4 is 16.9 Å². The molecule has 1 amide bonds. The zero-order valence-electron chi connectivity index (χ0n) is 10.9. The van der Waals surface area contributed by atoms with Crippen molar-refractivity contribution in [3.05, 3.63) is 40.2 Å². The highest BCUT2D eigenvalue weighted by Gasteiger charge is 2.14. The summed E-state index contributed by atoms with van der Waals surface area (Å²) in [6, 6.07) is 6.56. The van der Waals surface area contributed by atoms with E-state index in [1.54, 1.807) is 32.3 Å². The molecule has 0 radical (unpaired) electrons. The second-order valence-corrected chi connectivity index (χ2v) is 4.19. The van der Waals surface area contributed by atoms with E-state index in [9.17, 15) is 9.59 Å². The first-order valence-electron chi connectivity index (χ1n) is 5.61. The first-order chi connectivity index (χ1) is 9.01. The Hall–Kier alpha value is -2.34. The molecule has 100 valence electrons. The molecule has 19 heavy (non-hydrogen) atoms. The number of amides is 1. The molecule has 0 aliphatic heterocycles. The van der Waals surface area contributed by atoms with E-state index in [1.165, 1.54) is 18.2 Å². The van der Waals surface area contributed by atoms with Crippen LogP contribution < -0.4 is 15.8 Å². The van der Waals surface area contributed by atoms with Crippen LogP contribution in [-0.4, -0.2) is 32.1 Å². The molecule has 0 saturated carbocycles. The van der Waals surface area contributed by atoms with Crippen LogP contribution in [0.5, 0.6) is 5.75 Å². The molecule has 6 nitrogen and oxygen atoms in total. The molecule has 0 aliphatic rings. The minimum absolute atomic E-state index is 0.0358.